The molecule has 1 aliphatic heterocycles. The summed E-state index contributed by atoms with van der Waals surface area (Å²) in [6.45, 7) is 2.75. The van der Waals surface area contributed by atoms with Gasteiger partial charge in [-0.2, -0.15) is 13.2 Å². The molecule has 3 rings (SSSR count). The fraction of sp³-hybridized carbons (Fsp3) is 0.529. The van der Waals surface area contributed by atoms with E-state index in [0.717, 1.165) is 37.0 Å². The van der Waals surface area contributed by atoms with E-state index >= 15 is 0 Å². The van der Waals surface area contributed by atoms with Crippen LogP contribution in [0, 0.1) is 6.92 Å². The zero-order chi connectivity index (χ0) is 17.3. The normalized spacial score (nSPS) is 16.8. The van der Waals surface area contributed by atoms with Gasteiger partial charge in [0.2, 0.25) is 0 Å². The maximum atomic E-state index is 12.8. The van der Waals surface area contributed by atoms with Gasteiger partial charge in [0.25, 0.3) is 0 Å². The Morgan fingerprint density at radius 3 is 2.56 bits per heavy atom. The molecule has 8 heteroatoms. The smallest absolute Gasteiger partial charge is 0.406 e. The molecule has 1 N–H and O–H groups in total. The molecule has 2 heterocycles. The third kappa shape index (κ3) is 5.19. The number of nitrogens with zero attached hydrogens (tertiary/aromatic N) is 3. The Kier molecular flexibility index (Phi) is 6.93. The summed E-state index contributed by atoms with van der Waals surface area (Å²) in [7, 11) is 2.09. The number of benzene rings is 1. The quantitative estimate of drug-likeness (QED) is 0.737. The van der Waals surface area contributed by atoms with Crippen LogP contribution in [0.1, 0.15) is 18.5 Å². The zero-order valence-corrected chi connectivity index (χ0v) is 17.3. The molecule has 4 nitrogen and oxygen atoms in total. The molecule has 0 saturated carbocycles. The minimum atomic E-state index is -4.24. The number of halogens is 3. The summed E-state index contributed by atoms with van der Waals surface area (Å²) in [5, 5.41) is 0.774. The van der Waals surface area contributed by atoms with Gasteiger partial charge in [-0.15, -0.1) is 6.04 Å². The Balaban J connectivity index is 0.00000225. The Hall–Kier alpha value is -0.626. The standard InChI is InChI=1S/C17H22F3N4.Y/c1-12-10-14-15(22-21-13-6-8-23(2)9-7-13)4-3-5-16(14)24(12)11-17(18,19)20;/h3-5,10,13,22H,6-9,11H2,1-2H3;/q-1;. The van der Waals surface area contributed by atoms with Gasteiger partial charge in [-0.1, -0.05) is 18.9 Å². The number of hydrogen-bond acceptors (Lipinski definition) is 2. The second-order valence-corrected chi connectivity index (χ2v) is 6.50. The molecule has 1 aromatic carbocycles. The van der Waals surface area contributed by atoms with Gasteiger partial charge in [0.05, 0.1) is 5.52 Å². The van der Waals surface area contributed by atoms with Crippen molar-refractivity contribution in [3.05, 3.63) is 35.4 Å². The number of fused-ring (bicyclic) bond motifs is 1. The van der Waals surface area contributed by atoms with E-state index < -0.39 is 12.7 Å². The molecule has 0 amide bonds. The number of hydrogen-bond donors (Lipinski definition) is 1. The van der Waals surface area contributed by atoms with E-state index in [9.17, 15) is 13.2 Å². The van der Waals surface area contributed by atoms with E-state index in [4.69, 9.17) is 0 Å². The van der Waals surface area contributed by atoms with Gasteiger partial charge in [-0.25, -0.2) is 0 Å². The summed E-state index contributed by atoms with van der Waals surface area (Å²) in [5.41, 5.74) is 9.56. The van der Waals surface area contributed by atoms with Crippen LogP contribution >= 0.6 is 0 Å². The predicted octanol–water partition coefficient (Wildman–Crippen LogP) is 4.30. The number of likely N-dealkylation sites (tertiary alicyclic amines) is 1. The molecule has 0 atom stereocenters. The number of alkyl halides is 3. The van der Waals surface area contributed by atoms with Crippen LogP contribution in [0.4, 0.5) is 18.9 Å². The van der Waals surface area contributed by atoms with Crippen molar-refractivity contribution in [2.75, 3.05) is 25.6 Å². The average molecular weight is 428 g/mol. The van der Waals surface area contributed by atoms with Gasteiger partial charge in [0.1, 0.15) is 6.54 Å². The maximum absolute atomic E-state index is 12.8. The second-order valence-electron chi connectivity index (χ2n) is 6.50. The molecule has 1 aromatic heterocycles. The van der Waals surface area contributed by atoms with Gasteiger partial charge in [0, 0.05) is 49.5 Å². The number of piperidine rings is 1. The van der Waals surface area contributed by atoms with E-state index in [1.54, 1.807) is 25.1 Å². The van der Waals surface area contributed by atoms with Crippen LogP contribution in [-0.4, -0.2) is 41.8 Å². The van der Waals surface area contributed by atoms with E-state index in [1.165, 1.54) is 4.57 Å². The Morgan fingerprint density at radius 1 is 1.24 bits per heavy atom. The third-order valence-corrected chi connectivity index (χ3v) is 4.55. The first-order valence-electron chi connectivity index (χ1n) is 8.13. The molecule has 1 fully saturated rings. The maximum Gasteiger partial charge on any atom is 0.406 e. The minimum Gasteiger partial charge on any atom is -0.568 e. The molecule has 25 heavy (non-hydrogen) atoms. The number of aromatic nitrogens is 1. The second kappa shape index (κ2) is 8.38. The van der Waals surface area contributed by atoms with Gasteiger partial charge in [-0.05, 0) is 45.3 Å². The fourth-order valence-corrected chi connectivity index (χ4v) is 3.19. The SMILES string of the molecule is Cc1cc2c(N[N-]C3CCN(C)CC3)cccc2n1CC(F)(F)F.[Y]. The fourth-order valence-electron chi connectivity index (χ4n) is 3.19. The van der Waals surface area contributed by atoms with E-state index in [2.05, 4.69) is 22.8 Å². The zero-order valence-electron chi connectivity index (χ0n) is 14.5. The summed E-state index contributed by atoms with van der Waals surface area (Å²) in [6.07, 6.45) is -2.25. The molecule has 2 aromatic rings. The summed E-state index contributed by atoms with van der Waals surface area (Å²) in [6, 6.07) is 7.37. The van der Waals surface area contributed by atoms with Crippen LogP contribution in [-0.2, 0) is 39.3 Å². The Bertz CT molecular complexity index is 706. The number of anilines is 1. The molecule has 0 spiro atoms. The van der Waals surface area contributed by atoms with Gasteiger partial charge >= 0.3 is 6.18 Å². The van der Waals surface area contributed by atoms with Crippen LogP contribution < -0.4 is 5.43 Å². The van der Waals surface area contributed by atoms with E-state index in [-0.39, 0.29) is 38.8 Å². The number of rotatable bonds is 4. The van der Waals surface area contributed by atoms with Crippen molar-refractivity contribution in [3.8, 4) is 0 Å². The number of aryl methyl sites for hydroxylation is 1. The Labute approximate surface area is 171 Å². The Morgan fingerprint density at radius 2 is 1.92 bits per heavy atom. The minimum absolute atomic E-state index is 0. The van der Waals surface area contributed by atoms with E-state index in [1.807, 2.05) is 6.07 Å². The van der Waals surface area contributed by atoms with E-state index in [0.29, 0.717) is 11.2 Å². The van der Waals surface area contributed by atoms with Crippen LogP contribution in [0.15, 0.2) is 24.3 Å². The largest absolute Gasteiger partial charge is 0.568 e. The summed E-state index contributed by atoms with van der Waals surface area (Å²) in [5.74, 6) is 0. The topological polar surface area (TPSA) is 34.3 Å². The van der Waals surface area contributed by atoms with Gasteiger partial charge < -0.3 is 20.3 Å². The van der Waals surface area contributed by atoms with Crippen molar-refractivity contribution < 1.29 is 45.9 Å². The van der Waals surface area contributed by atoms with Crippen LogP contribution in [0.2, 0.25) is 0 Å². The molecule has 0 aliphatic carbocycles. The first-order chi connectivity index (χ1) is 11.3. The molecular weight excluding hydrogens is 406 g/mol. The molecular formula is C17H22F3N4Y-. The summed E-state index contributed by atoms with van der Waals surface area (Å²) in [4.78, 5) is 2.27. The third-order valence-electron chi connectivity index (χ3n) is 4.55. The molecule has 1 radical (unpaired) electrons. The van der Waals surface area contributed by atoms with Gasteiger partial charge in [0.15, 0.2) is 0 Å². The molecule has 1 saturated heterocycles. The van der Waals surface area contributed by atoms with Crippen LogP contribution in [0.3, 0.4) is 0 Å². The van der Waals surface area contributed by atoms with Crippen molar-refractivity contribution in [1.29, 1.82) is 0 Å². The molecule has 1 aliphatic rings. The summed E-state index contributed by atoms with van der Waals surface area (Å²) >= 11 is 0. The molecule has 0 unspecified atom stereocenters. The van der Waals surface area contributed by atoms with Crippen molar-refractivity contribution in [2.45, 2.75) is 38.5 Å². The first-order valence-corrected chi connectivity index (χ1v) is 8.13. The van der Waals surface area contributed by atoms with Crippen LogP contribution in [0.25, 0.3) is 16.3 Å². The van der Waals surface area contributed by atoms with Crippen molar-refractivity contribution >= 4 is 16.6 Å². The van der Waals surface area contributed by atoms with Crippen molar-refractivity contribution in [1.82, 2.24) is 9.47 Å². The average Bonchev–Trinajstić information content (AvgIpc) is 2.82. The molecule has 135 valence electrons. The number of nitrogens with one attached hydrogen (secondary N) is 1. The van der Waals surface area contributed by atoms with Crippen molar-refractivity contribution in [2.24, 2.45) is 0 Å². The molecule has 0 bridgehead atoms. The summed E-state index contributed by atoms with van der Waals surface area (Å²) < 4.78 is 39.7. The van der Waals surface area contributed by atoms with Crippen LogP contribution in [0.5, 0.6) is 0 Å². The predicted molar refractivity (Wildman–Crippen MR) is 90.2 cm³/mol. The first kappa shape index (κ1) is 20.7. The van der Waals surface area contributed by atoms with Gasteiger partial charge in [-0.3, -0.25) is 0 Å². The monoisotopic (exact) mass is 428 g/mol. The van der Waals surface area contributed by atoms with Crippen molar-refractivity contribution in [3.63, 3.8) is 0 Å².